The molecule has 1 aromatic rings. The highest BCUT2D eigenvalue weighted by Gasteiger charge is 2.50. The summed E-state index contributed by atoms with van der Waals surface area (Å²) in [5.41, 5.74) is -1.11. The molecule has 0 aromatic carbocycles. The van der Waals surface area contributed by atoms with Gasteiger partial charge in [-0.2, -0.15) is 0 Å². The third kappa shape index (κ3) is 5.40. The monoisotopic (exact) mass is 350 g/mol. The van der Waals surface area contributed by atoms with E-state index in [1.165, 1.54) is 32.1 Å². The van der Waals surface area contributed by atoms with E-state index in [2.05, 4.69) is 24.9 Å². The number of nitrogens with zero attached hydrogens (tertiary/aromatic N) is 2. The Hall–Kier alpha value is -1.17. The van der Waals surface area contributed by atoms with Crippen molar-refractivity contribution < 1.29 is 14.6 Å². The minimum absolute atomic E-state index is 0.136. The van der Waals surface area contributed by atoms with Crippen LogP contribution in [0.2, 0.25) is 0 Å². The zero-order chi connectivity index (χ0) is 18.1. The van der Waals surface area contributed by atoms with Crippen molar-refractivity contribution in [2.24, 2.45) is 5.92 Å². The maximum Gasteiger partial charge on any atom is 0.138 e. The molecule has 0 bridgehead atoms. The zero-order valence-electron chi connectivity index (χ0n) is 15.9. The minimum atomic E-state index is -1.11. The molecule has 0 aliphatic carbocycles. The van der Waals surface area contributed by atoms with Crippen molar-refractivity contribution in [1.82, 2.24) is 9.55 Å². The van der Waals surface area contributed by atoms with E-state index >= 15 is 0 Å². The van der Waals surface area contributed by atoms with Gasteiger partial charge in [0, 0.05) is 25.4 Å². The van der Waals surface area contributed by atoms with Gasteiger partial charge in [0.1, 0.15) is 11.7 Å². The van der Waals surface area contributed by atoms with Gasteiger partial charge in [-0.05, 0) is 12.8 Å². The number of unbranched alkanes of at least 4 members (excludes halogenated alkanes) is 5. The van der Waals surface area contributed by atoms with Crippen LogP contribution in [0.15, 0.2) is 30.9 Å². The van der Waals surface area contributed by atoms with E-state index in [0.717, 1.165) is 6.42 Å². The van der Waals surface area contributed by atoms with Gasteiger partial charge in [-0.15, -0.1) is 0 Å². The van der Waals surface area contributed by atoms with E-state index in [9.17, 15) is 5.11 Å². The second-order valence-corrected chi connectivity index (χ2v) is 7.24. The van der Waals surface area contributed by atoms with Gasteiger partial charge < -0.3 is 19.1 Å². The van der Waals surface area contributed by atoms with Crippen molar-refractivity contribution in [3.63, 3.8) is 0 Å². The normalized spacial score (nSPS) is 30.2. The first kappa shape index (κ1) is 20.1. The molecule has 1 aromatic heterocycles. The molecular formula is C20H34N2O3. The first-order valence-electron chi connectivity index (χ1n) is 9.61. The Kier molecular flexibility index (Phi) is 8.13. The molecule has 2 heterocycles. The lowest BCUT2D eigenvalue weighted by Crippen LogP contribution is -2.62. The van der Waals surface area contributed by atoms with Crippen LogP contribution in [0.1, 0.15) is 52.4 Å². The summed E-state index contributed by atoms with van der Waals surface area (Å²) < 4.78 is 13.5. The van der Waals surface area contributed by atoms with Crippen LogP contribution in [0.4, 0.5) is 0 Å². The molecule has 4 atom stereocenters. The maximum absolute atomic E-state index is 11.5. The Bertz CT molecular complexity index is 503. The van der Waals surface area contributed by atoms with E-state index < -0.39 is 5.60 Å². The summed E-state index contributed by atoms with van der Waals surface area (Å²) in [6.45, 7) is 5.28. The lowest BCUT2D eigenvalue weighted by atomic mass is 9.80. The highest BCUT2D eigenvalue weighted by Crippen LogP contribution is 2.34. The number of methoxy groups -OCH3 is 1. The Labute approximate surface area is 152 Å². The molecule has 0 saturated carbocycles. The number of allylic oxidation sites excluding steroid dienone is 1. The lowest BCUT2D eigenvalue weighted by molar-refractivity contribution is -0.223. The maximum atomic E-state index is 11.5. The average molecular weight is 351 g/mol. The van der Waals surface area contributed by atoms with Crippen LogP contribution >= 0.6 is 0 Å². The third-order valence-electron chi connectivity index (χ3n) is 5.08. The number of imidazole rings is 1. The van der Waals surface area contributed by atoms with Gasteiger partial charge in [0.2, 0.25) is 0 Å². The summed E-state index contributed by atoms with van der Waals surface area (Å²) in [5, 5.41) is 11.5. The van der Waals surface area contributed by atoms with Crippen LogP contribution in [0.25, 0.3) is 0 Å². The smallest absolute Gasteiger partial charge is 0.138 e. The quantitative estimate of drug-likeness (QED) is 0.518. The third-order valence-corrected chi connectivity index (χ3v) is 5.08. The zero-order valence-corrected chi connectivity index (χ0v) is 15.9. The SMILES string of the molecule is CCCCCCC/C=C/[C@@H]1OC[C@H](C)[C@H](OC)[C@]1(O)Cn1ccnc1. The van der Waals surface area contributed by atoms with Crippen molar-refractivity contribution in [3.05, 3.63) is 30.9 Å². The average Bonchev–Trinajstić information content (AvgIpc) is 3.09. The molecule has 142 valence electrons. The highest BCUT2D eigenvalue weighted by molar-refractivity contribution is 5.09. The summed E-state index contributed by atoms with van der Waals surface area (Å²) in [7, 11) is 1.67. The van der Waals surface area contributed by atoms with Crippen LogP contribution in [0, 0.1) is 5.92 Å². The van der Waals surface area contributed by atoms with Gasteiger partial charge >= 0.3 is 0 Å². The number of ether oxygens (including phenoxy) is 2. The van der Waals surface area contributed by atoms with Crippen LogP contribution in [-0.4, -0.2) is 46.2 Å². The van der Waals surface area contributed by atoms with E-state index in [1.807, 2.05) is 16.8 Å². The summed E-state index contributed by atoms with van der Waals surface area (Å²) in [6.07, 6.45) is 16.2. The van der Waals surface area contributed by atoms with E-state index in [0.29, 0.717) is 13.2 Å². The van der Waals surface area contributed by atoms with Crippen molar-refractivity contribution in [2.45, 2.75) is 76.7 Å². The van der Waals surface area contributed by atoms with Crippen molar-refractivity contribution in [3.8, 4) is 0 Å². The van der Waals surface area contributed by atoms with Gasteiger partial charge in [-0.25, -0.2) is 4.98 Å². The fourth-order valence-electron chi connectivity index (χ4n) is 3.74. The molecule has 1 aliphatic heterocycles. The Morgan fingerprint density at radius 3 is 2.84 bits per heavy atom. The van der Waals surface area contributed by atoms with Gasteiger partial charge in [0.25, 0.3) is 0 Å². The molecule has 0 spiro atoms. The Morgan fingerprint density at radius 1 is 1.36 bits per heavy atom. The second-order valence-electron chi connectivity index (χ2n) is 7.24. The van der Waals surface area contributed by atoms with Crippen LogP contribution < -0.4 is 0 Å². The summed E-state index contributed by atoms with van der Waals surface area (Å²) >= 11 is 0. The first-order chi connectivity index (χ1) is 12.1. The Morgan fingerprint density at radius 2 is 2.16 bits per heavy atom. The second kappa shape index (κ2) is 10.1. The van der Waals surface area contributed by atoms with E-state index in [4.69, 9.17) is 9.47 Å². The van der Waals surface area contributed by atoms with Gasteiger partial charge in [-0.3, -0.25) is 0 Å². The molecule has 25 heavy (non-hydrogen) atoms. The predicted molar refractivity (Wildman–Crippen MR) is 99.4 cm³/mol. The number of aliphatic hydroxyl groups is 1. The van der Waals surface area contributed by atoms with Crippen molar-refractivity contribution >= 4 is 0 Å². The topological polar surface area (TPSA) is 56.5 Å². The molecule has 1 N–H and O–H groups in total. The first-order valence-corrected chi connectivity index (χ1v) is 9.61. The molecular weight excluding hydrogens is 316 g/mol. The summed E-state index contributed by atoms with van der Waals surface area (Å²) in [6, 6.07) is 0. The molecule has 5 nitrogen and oxygen atoms in total. The molecule has 1 fully saturated rings. The van der Waals surface area contributed by atoms with Crippen molar-refractivity contribution in [2.75, 3.05) is 13.7 Å². The van der Waals surface area contributed by atoms with Gasteiger partial charge in [0.15, 0.2) is 0 Å². The highest BCUT2D eigenvalue weighted by atomic mass is 16.5. The standard InChI is InChI=1S/C20H34N2O3/c1-4-5-6-7-8-9-10-11-18-20(23,15-22-13-12-21-16-22)19(24-3)17(2)14-25-18/h10-13,16-19,23H,4-9,14-15H2,1-3H3/b11-10+/t17-,18-,19-,20-/m0/s1. The molecule has 5 heteroatoms. The van der Waals surface area contributed by atoms with Crippen molar-refractivity contribution in [1.29, 1.82) is 0 Å². The lowest BCUT2D eigenvalue weighted by Gasteiger charge is -2.46. The molecule has 0 unspecified atom stereocenters. The van der Waals surface area contributed by atoms with Gasteiger partial charge in [-0.1, -0.05) is 51.7 Å². The van der Waals surface area contributed by atoms with Crippen LogP contribution in [0.3, 0.4) is 0 Å². The van der Waals surface area contributed by atoms with E-state index in [-0.39, 0.29) is 18.1 Å². The number of hydrogen-bond donors (Lipinski definition) is 1. The molecule has 0 amide bonds. The molecule has 1 aliphatic rings. The Balaban J connectivity index is 2.00. The predicted octanol–water partition coefficient (Wildman–Crippen LogP) is 3.58. The molecule has 2 rings (SSSR count). The molecule has 0 radical (unpaired) electrons. The van der Waals surface area contributed by atoms with Crippen LogP contribution in [-0.2, 0) is 16.0 Å². The fraction of sp³-hybridized carbons (Fsp3) is 0.750. The number of aromatic nitrogens is 2. The summed E-state index contributed by atoms with van der Waals surface area (Å²) in [5.74, 6) is 0.136. The van der Waals surface area contributed by atoms with Gasteiger partial charge in [0.05, 0.1) is 25.6 Å². The fourth-order valence-corrected chi connectivity index (χ4v) is 3.74. The number of rotatable bonds is 10. The van der Waals surface area contributed by atoms with Crippen LogP contribution in [0.5, 0.6) is 0 Å². The minimum Gasteiger partial charge on any atom is -0.382 e. The van der Waals surface area contributed by atoms with E-state index in [1.54, 1.807) is 19.6 Å². The summed E-state index contributed by atoms with van der Waals surface area (Å²) in [4.78, 5) is 4.08. The number of hydrogen-bond acceptors (Lipinski definition) is 4. The molecule has 1 saturated heterocycles. The largest absolute Gasteiger partial charge is 0.382 e.